The van der Waals surface area contributed by atoms with E-state index >= 15 is 0 Å². The Bertz CT molecular complexity index is 512. The maximum atomic E-state index is 6.04. The highest BCUT2D eigenvalue weighted by Gasteiger charge is 2.15. The number of nitrogens with one attached hydrogen (secondary N) is 3. The minimum atomic E-state index is 0. The van der Waals surface area contributed by atoms with Gasteiger partial charge in [0.2, 0.25) is 0 Å². The first-order chi connectivity index (χ1) is 10.7. The van der Waals surface area contributed by atoms with Crippen LogP contribution < -0.4 is 16.0 Å². The molecule has 130 valence electrons. The maximum Gasteiger partial charge on any atom is 0.191 e. The summed E-state index contributed by atoms with van der Waals surface area (Å²) in [5, 5.41) is 10.6. The molecule has 0 bridgehead atoms. The van der Waals surface area contributed by atoms with E-state index in [0.29, 0.717) is 29.0 Å². The molecule has 0 amide bonds. The van der Waals surface area contributed by atoms with Crippen molar-refractivity contribution in [2.24, 2.45) is 4.99 Å². The molecule has 1 fully saturated rings. The van der Waals surface area contributed by atoms with Gasteiger partial charge in [-0.05, 0) is 18.9 Å². The number of pyridine rings is 1. The Balaban J connectivity index is 0.00000264. The van der Waals surface area contributed by atoms with Gasteiger partial charge in [-0.25, -0.2) is 4.98 Å². The molecule has 0 saturated carbocycles. The largest absolute Gasteiger partial charge is 0.376 e. The summed E-state index contributed by atoms with van der Waals surface area (Å²) < 4.78 is 5.56. The van der Waals surface area contributed by atoms with Gasteiger partial charge in [-0.1, -0.05) is 23.2 Å². The number of aliphatic imine (C=N–C) groups is 1. The molecule has 2 heterocycles. The summed E-state index contributed by atoms with van der Waals surface area (Å²) in [5.74, 6) is 1.38. The molecule has 1 saturated heterocycles. The Morgan fingerprint density at radius 1 is 1.39 bits per heavy atom. The molecule has 2 rings (SSSR count). The lowest BCUT2D eigenvalue weighted by Crippen LogP contribution is -2.42. The number of ether oxygens (including phenoxy) is 1. The monoisotopic (exact) mass is 473 g/mol. The molecule has 1 atom stereocenters. The normalized spacial score (nSPS) is 17.5. The zero-order valence-corrected chi connectivity index (χ0v) is 16.8. The SMILES string of the molecule is CN=C(NCCNc1ncc(Cl)cc1Cl)NCC1CCCO1.I. The molecule has 0 aliphatic carbocycles. The minimum Gasteiger partial charge on any atom is -0.376 e. The number of nitrogens with zero attached hydrogens (tertiary/aromatic N) is 2. The highest BCUT2D eigenvalue weighted by molar-refractivity contribution is 14.0. The molecule has 1 aromatic heterocycles. The zero-order chi connectivity index (χ0) is 15.8. The average molecular weight is 474 g/mol. The van der Waals surface area contributed by atoms with Crippen molar-refractivity contribution in [2.45, 2.75) is 18.9 Å². The fourth-order valence-electron chi connectivity index (χ4n) is 2.14. The standard InChI is InChI=1S/C14H21Cl2N5O.HI/c1-17-14(21-9-11-3-2-6-22-11)19-5-4-18-13-12(16)7-10(15)8-20-13;/h7-8,11H,2-6,9H2,1H3,(H,18,20)(H2,17,19,21);1H. The molecule has 1 aliphatic rings. The summed E-state index contributed by atoms with van der Waals surface area (Å²) in [4.78, 5) is 8.31. The van der Waals surface area contributed by atoms with Crippen LogP contribution in [0.1, 0.15) is 12.8 Å². The Labute approximate surface area is 163 Å². The lowest BCUT2D eigenvalue weighted by atomic mass is 10.2. The van der Waals surface area contributed by atoms with Crippen LogP contribution in [0.3, 0.4) is 0 Å². The molecule has 1 unspecified atom stereocenters. The van der Waals surface area contributed by atoms with Crippen LogP contribution in [0.2, 0.25) is 10.0 Å². The van der Waals surface area contributed by atoms with E-state index < -0.39 is 0 Å². The fraction of sp³-hybridized carbons (Fsp3) is 0.571. The second-order valence-corrected chi connectivity index (χ2v) is 5.77. The summed E-state index contributed by atoms with van der Waals surface area (Å²) in [6.45, 7) is 2.98. The smallest absolute Gasteiger partial charge is 0.191 e. The fourth-order valence-corrected chi connectivity index (χ4v) is 2.59. The Morgan fingerprint density at radius 3 is 2.87 bits per heavy atom. The van der Waals surface area contributed by atoms with Crippen molar-refractivity contribution < 1.29 is 4.74 Å². The van der Waals surface area contributed by atoms with Crippen molar-refractivity contribution in [3.8, 4) is 0 Å². The van der Waals surface area contributed by atoms with Gasteiger partial charge in [-0.2, -0.15) is 0 Å². The second-order valence-electron chi connectivity index (χ2n) is 4.93. The number of guanidine groups is 1. The predicted molar refractivity (Wildman–Crippen MR) is 107 cm³/mol. The van der Waals surface area contributed by atoms with Gasteiger partial charge in [-0.3, -0.25) is 4.99 Å². The summed E-state index contributed by atoms with van der Waals surface area (Å²) in [6, 6.07) is 1.66. The van der Waals surface area contributed by atoms with E-state index in [1.807, 2.05) is 0 Å². The van der Waals surface area contributed by atoms with Gasteiger partial charge in [0.15, 0.2) is 5.96 Å². The van der Waals surface area contributed by atoms with Crippen molar-refractivity contribution in [3.05, 3.63) is 22.3 Å². The highest BCUT2D eigenvalue weighted by atomic mass is 127. The molecule has 0 spiro atoms. The van der Waals surface area contributed by atoms with Gasteiger partial charge in [0.1, 0.15) is 5.82 Å². The number of anilines is 1. The van der Waals surface area contributed by atoms with Crippen LogP contribution in [-0.4, -0.2) is 50.3 Å². The van der Waals surface area contributed by atoms with Crippen molar-refractivity contribution in [2.75, 3.05) is 38.6 Å². The van der Waals surface area contributed by atoms with Crippen LogP contribution >= 0.6 is 47.2 Å². The Hall–Kier alpha value is -0.510. The van der Waals surface area contributed by atoms with Gasteiger partial charge in [0.25, 0.3) is 0 Å². The van der Waals surface area contributed by atoms with Crippen LogP contribution in [0, 0.1) is 0 Å². The molecular weight excluding hydrogens is 452 g/mol. The first kappa shape index (κ1) is 20.5. The van der Waals surface area contributed by atoms with Crippen molar-refractivity contribution in [1.82, 2.24) is 15.6 Å². The molecule has 0 aromatic carbocycles. The van der Waals surface area contributed by atoms with E-state index in [0.717, 1.165) is 32.0 Å². The quantitative estimate of drug-likeness (QED) is 0.256. The number of aromatic nitrogens is 1. The third-order valence-electron chi connectivity index (χ3n) is 3.26. The summed E-state index contributed by atoms with van der Waals surface area (Å²) >= 11 is 11.8. The van der Waals surface area contributed by atoms with E-state index in [9.17, 15) is 0 Å². The van der Waals surface area contributed by atoms with Crippen LogP contribution in [0.5, 0.6) is 0 Å². The van der Waals surface area contributed by atoms with Gasteiger partial charge < -0.3 is 20.7 Å². The number of hydrogen-bond acceptors (Lipinski definition) is 4. The lowest BCUT2D eigenvalue weighted by molar-refractivity contribution is 0.114. The van der Waals surface area contributed by atoms with E-state index in [2.05, 4.69) is 25.9 Å². The summed E-state index contributed by atoms with van der Waals surface area (Å²) in [6.07, 6.45) is 4.09. The van der Waals surface area contributed by atoms with Crippen molar-refractivity contribution in [1.29, 1.82) is 0 Å². The molecule has 1 aliphatic heterocycles. The second kappa shape index (κ2) is 11.1. The van der Waals surface area contributed by atoms with Crippen LogP contribution in [0.15, 0.2) is 17.3 Å². The minimum absolute atomic E-state index is 0. The molecule has 0 radical (unpaired) electrons. The molecule has 6 nitrogen and oxygen atoms in total. The van der Waals surface area contributed by atoms with Crippen molar-refractivity contribution >= 4 is 59.0 Å². The number of rotatable bonds is 6. The van der Waals surface area contributed by atoms with Crippen LogP contribution in [0.4, 0.5) is 5.82 Å². The summed E-state index contributed by atoms with van der Waals surface area (Å²) in [7, 11) is 1.75. The Morgan fingerprint density at radius 2 is 2.22 bits per heavy atom. The van der Waals surface area contributed by atoms with Gasteiger partial charge in [0.05, 0.1) is 16.1 Å². The first-order valence-corrected chi connectivity index (χ1v) is 8.05. The lowest BCUT2D eigenvalue weighted by Gasteiger charge is -2.15. The average Bonchev–Trinajstić information content (AvgIpc) is 3.01. The zero-order valence-electron chi connectivity index (χ0n) is 12.9. The van der Waals surface area contributed by atoms with E-state index in [1.54, 1.807) is 19.3 Å². The van der Waals surface area contributed by atoms with E-state index in [1.165, 1.54) is 0 Å². The molecule has 1 aromatic rings. The van der Waals surface area contributed by atoms with E-state index in [4.69, 9.17) is 27.9 Å². The maximum absolute atomic E-state index is 6.04. The molecule has 9 heteroatoms. The molecule has 23 heavy (non-hydrogen) atoms. The van der Waals surface area contributed by atoms with E-state index in [-0.39, 0.29) is 30.1 Å². The molecular formula is C14H22Cl2IN5O. The topological polar surface area (TPSA) is 70.6 Å². The van der Waals surface area contributed by atoms with Gasteiger partial charge >= 0.3 is 0 Å². The molecule has 3 N–H and O–H groups in total. The highest BCUT2D eigenvalue weighted by Crippen LogP contribution is 2.21. The van der Waals surface area contributed by atoms with Crippen LogP contribution in [-0.2, 0) is 4.74 Å². The third kappa shape index (κ3) is 7.28. The predicted octanol–water partition coefficient (Wildman–Crippen LogP) is 2.76. The van der Waals surface area contributed by atoms with Gasteiger partial charge in [0, 0.05) is 39.5 Å². The number of hydrogen-bond donors (Lipinski definition) is 3. The summed E-state index contributed by atoms with van der Waals surface area (Å²) in [5.41, 5.74) is 0. The first-order valence-electron chi connectivity index (χ1n) is 7.30. The van der Waals surface area contributed by atoms with Crippen molar-refractivity contribution in [3.63, 3.8) is 0 Å². The number of halogens is 3. The third-order valence-corrected chi connectivity index (χ3v) is 3.76. The Kier molecular flexibility index (Phi) is 9.92. The van der Waals surface area contributed by atoms with Gasteiger partial charge in [-0.15, -0.1) is 24.0 Å². The van der Waals surface area contributed by atoms with Crippen LogP contribution in [0.25, 0.3) is 0 Å².